The summed E-state index contributed by atoms with van der Waals surface area (Å²) in [6.07, 6.45) is 7.92. The number of carbonyl (C=O) groups is 1. The molecule has 0 saturated carbocycles. The zero-order chi connectivity index (χ0) is 25.9. The first-order valence-corrected chi connectivity index (χ1v) is 12.7. The Morgan fingerprint density at radius 3 is 2.14 bits per heavy atom. The second-order valence-electron chi connectivity index (χ2n) is 10.1. The van der Waals surface area contributed by atoms with Crippen LogP contribution in [0.4, 0.5) is 0 Å². The predicted molar refractivity (Wildman–Crippen MR) is 144 cm³/mol. The van der Waals surface area contributed by atoms with Crippen molar-refractivity contribution in [3.63, 3.8) is 0 Å². The molecule has 2 aromatic carbocycles. The van der Waals surface area contributed by atoms with E-state index < -0.39 is 0 Å². The molecule has 0 unspecified atom stereocenters. The summed E-state index contributed by atoms with van der Waals surface area (Å²) >= 11 is 0. The minimum absolute atomic E-state index is 0.0884. The van der Waals surface area contributed by atoms with Gasteiger partial charge in [-0.05, 0) is 95.2 Å². The average molecular weight is 482 g/mol. The molecule has 0 aliphatic heterocycles. The average Bonchev–Trinajstić information content (AvgIpc) is 2.83. The number of methoxy groups -OCH3 is 1. The summed E-state index contributed by atoms with van der Waals surface area (Å²) in [7, 11) is 1.63. The number of unbranched alkanes of at least 4 members (excludes halogenated alkanes) is 1. The van der Waals surface area contributed by atoms with Gasteiger partial charge in [0.2, 0.25) is 5.91 Å². The molecule has 0 saturated heterocycles. The normalized spacial score (nSPS) is 12.0. The summed E-state index contributed by atoms with van der Waals surface area (Å²) in [4.78, 5) is 12.1. The van der Waals surface area contributed by atoms with Crippen LogP contribution in [0, 0.1) is 0 Å². The van der Waals surface area contributed by atoms with E-state index in [2.05, 4.69) is 52.9 Å². The van der Waals surface area contributed by atoms with Gasteiger partial charge in [-0.3, -0.25) is 4.79 Å². The Hall–Kier alpha value is -2.95. The molecule has 35 heavy (non-hydrogen) atoms. The molecule has 2 rings (SSSR count). The Morgan fingerprint density at radius 1 is 0.886 bits per heavy atom. The van der Waals surface area contributed by atoms with Crippen LogP contribution in [0.2, 0.25) is 0 Å². The molecule has 0 bridgehead atoms. The van der Waals surface area contributed by atoms with E-state index in [1.807, 2.05) is 36.4 Å². The third-order valence-corrected chi connectivity index (χ3v) is 6.24. The third-order valence-electron chi connectivity index (χ3n) is 6.24. The molecule has 0 aliphatic rings. The fourth-order valence-electron chi connectivity index (χ4n) is 3.26. The number of amides is 1. The molecule has 0 aliphatic carbocycles. The Labute approximate surface area is 211 Å². The van der Waals surface area contributed by atoms with Crippen LogP contribution in [-0.2, 0) is 11.2 Å². The van der Waals surface area contributed by atoms with Crippen molar-refractivity contribution in [2.75, 3.05) is 13.7 Å². The van der Waals surface area contributed by atoms with Crippen LogP contribution in [0.15, 0.2) is 48.5 Å². The van der Waals surface area contributed by atoms with E-state index in [4.69, 9.17) is 14.2 Å². The standard InChI is InChI=1S/C30H43NO4/c1-8-29(3,4)34-26-19-16-24(27(22-26)35-30(5,6)9-2)12-10-11-21-31-28(32)20-15-23-13-17-25(33-7)18-14-23/h13-20,22H,8-12,21H2,1-7H3,(H,31,32)/b20-15+. The van der Waals surface area contributed by atoms with Crippen molar-refractivity contribution < 1.29 is 19.0 Å². The van der Waals surface area contributed by atoms with Crippen molar-refractivity contribution >= 4 is 12.0 Å². The highest BCUT2D eigenvalue weighted by Gasteiger charge is 2.21. The molecule has 0 atom stereocenters. The van der Waals surface area contributed by atoms with Gasteiger partial charge in [0.15, 0.2) is 0 Å². The van der Waals surface area contributed by atoms with Crippen LogP contribution in [0.1, 0.15) is 78.4 Å². The van der Waals surface area contributed by atoms with Gasteiger partial charge in [-0.1, -0.05) is 32.0 Å². The second kappa shape index (κ2) is 13.2. The maximum atomic E-state index is 12.1. The van der Waals surface area contributed by atoms with E-state index in [1.165, 1.54) is 5.56 Å². The van der Waals surface area contributed by atoms with E-state index in [1.54, 1.807) is 19.3 Å². The number of benzene rings is 2. The number of nitrogens with one attached hydrogen (secondary N) is 1. The van der Waals surface area contributed by atoms with E-state index in [-0.39, 0.29) is 17.1 Å². The lowest BCUT2D eigenvalue weighted by Gasteiger charge is -2.29. The smallest absolute Gasteiger partial charge is 0.243 e. The van der Waals surface area contributed by atoms with Crippen LogP contribution < -0.4 is 19.5 Å². The van der Waals surface area contributed by atoms with Gasteiger partial charge < -0.3 is 19.5 Å². The highest BCUT2D eigenvalue weighted by molar-refractivity contribution is 5.91. The molecule has 5 nitrogen and oxygen atoms in total. The molecule has 0 heterocycles. The number of aryl methyl sites for hydroxylation is 1. The van der Waals surface area contributed by atoms with Crippen LogP contribution in [-0.4, -0.2) is 30.8 Å². The van der Waals surface area contributed by atoms with Crippen LogP contribution in [0.5, 0.6) is 17.2 Å². The third kappa shape index (κ3) is 10.1. The van der Waals surface area contributed by atoms with Gasteiger partial charge in [0.25, 0.3) is 0 Å². The monoisotopic (exact) mass is 481 g/mol. The van der Waals surface area contributed by atoms with Crippen molar-refractivity contribution in [2.24, 2.45) is 0 Å². The van der Waals surface area contributed by atoms with Gasteiger partial charge >= 0.3 is 0 Å². The molecule has 5 heteroatoms. The summed E-state index contributed by atoms with van der Waals surface area (Å²) < 4.78 is 17.7. The zero-order valence-corrected chi connectivity index (χ0v) is 22.6. The maximum Gasteiger partial charge on any atom is 0.243 e. The van der Waals surface area contributed by atoms with Crippen molar-refractivity contribution in [1.29, 1.82) is 0 Å². The fraction of sp³-hybridized carbons (Fsp3) is 0.500. The topological polar surface area (TPSA) is 56.8 Å². The minimum Gasteiger partial charge on any atom is -0.497 e. The summed E-state index contributed by atoms with van der Waals surface area (Å²) in [5.74, 6) is 2.42. The summed E-state index contributed by atoms with van der Waals surface area (Å²) in [6, 6.07) is 13.8. The van der Waals surface area contributed by atoms with Crippen LogP contribution in [0.3, 0.4) is 0 Å². The Kier molecular flexibility index (Phi) is 10.7. The summed E-state index contributed by atoms with van der Waals surface area (Å²) in [5, 5.41) is 2.96. The predicted octanol–water partition coefficient (Wildman–Crippen LogP) is 6.98. The minimum atomic E-state index is -0.252. The van der Waals surface area contributed by atoms with Gasteiger partial charge in [-0.25, -0.2) is 0 Å². The van der Waals surface area contributed by atoms with Crippen LogP contribution in [0.25, 0.3) is 6.08 Å². The molecule has 0 spiro atoms. The maximum absolute atomic E-state index is 12.1. The number of hydrogen-bond donors (Lipinski definition) is 1. The molecular weight excluding hydrogens is 438 g/mol. The fourth-order valence-corrected chi connectivity index (χ4v) is 3.26. The lowest BCUT2D eigenvalue weighted by Crippen LogP contribution is -2.28. The molecule has 0 radical (unpaired) electrons. The molecule has 1 N–H and O–H groups in total. The summed E-state index contributed by atoms with van der Waals surface area (Å²) in [5.41, 5.74) is 1.65. The van der Waals surface area contributed by atoms with E-state index in [9.17, 15) is 4.79 Å². The van der Waals surface area contributed by atoms with E-state index in [0.717, 1.165) is 54.9 Å². The largest absolute Gasteiger partial charge is 0.497 e. The molecule has 0 fully saturated rings. The van der Waals surface area contributed by atoms with Crippen molar-refractivity contribution in [3.05, 3.63) is 59.7 Å². The van der Waals surface area contributed by atoms with E-state index in [0.29, 0.717) is 6.54 Å². The van der Waals surface area contributed by atoms with E-state index >= 15 is 0 Å². The highest BCUT2D eigenvalue weighted by atomic mass is 16.5. The Bertz CT molecular complexity index is 961. The van der Waals surface area contributed by atoms with Crippen molar-refractivity contribution in [3.8, 4) is 17.2 Å². The highest BCUT2D eigenvalue weighted by Crippen LogP contribution is 2.32. The molecule has 1 amide bonds. The van der Waals surface area contributed by atoms with Gasteiger partial charge in [0.05, 0.1) is 7.11 Å². The SMILES string of the molecule is CCC(C)(C)Oc1ccc(CCCCNC(=O)/C=C/c2ccc(OC)cc2)c(OC(C)(C)CC)c1. The quantitative estimate of drug-likeness (QED) is 0.233. The molecule has 0 aromatic heterocycles. The number of rotatable bonds is 14. The molecule has 192 valence electrons. The first-order chi connectivity index (χ1) is 16.6. The second-order valence-corrected chi connectivity index (χ2v) is 10.1. The summed E-state index contributed by atoms with van der Waals surface area (Å²) in [6.45, 7) is 13.3. The molecule has 2 aromatic rings. The lowest BCUT2D eigenvalue weighted by atomic mass is 10.0. The van der Waals surface area contributed by atoms with Gasteiger partial charge in [0.1, 0.15) is 28.5 Å². The first kappa shape index (κ1) is 28.3. The Morgan fingerprint density at radius 2 is 1.51 bits per heavy atom. The van der Waals surface area contributed by atoms with Crippen molar-refractivity contribution in [2.45, 2.75) is 84.8 Å². The zero-order valence-electron chi connectivity index (χ0n) is 22.6. The van der Waals surface area contributed by atoms with Gasteiger partial charge in [0, 0.05) is 18.7 Å². The van der Waals surface area contributed by atoms with Gasteiger partial charge in [-0.2, -0.15) is 0 Å². The lowest BCUT2D eigenvalue weighted by molar-refractivity contribution is -0.116. The Balaban J connectivity index is 1.89. The number of hydrogen-bond acceptors (Lipinski definition) is 4. The number of ether oxygens (including phenoxy) is 3. The first-order valence-electron chi connectivity index (χ1n) is 12.7. The van der Waals surface area contributed by atoms with Gasteiger partial charge in [-0.15, -0.1) is 0 Å². The molecular formula is C30H43NO4. The number of carbonyl (C=O) groups excluding carboxylic acids is 1. The van der Waals surface area contributed by atoms with Crippen LogP contribution >= 0.6 is 0 Å². The van der Waals surface area contributed by atoms with Crippen molar-refractivity contribution in [1.82, 2.24) is 5.32 Å².